The highest BCUT2D eigenvalue weighted by atomic mass is 15.2. The zero-order valence-electron chi connectivity index (χ0n) is 55.5. The molecule has 0 fully saturated rings. The summed E-state index contributed by atoms with van der Waals surface area (Å²) in [5, 5.41) is 9.29. The number of nitrogens with zero attached hydrogens (tertiary/aromatic N) is 6. The van der Waals surface area contributed by atoms with Gasteiger partial charge in [0.25, 0.3) is 0 Å². The molecule has 0 aliphatic carbocycles. The highest BCUT2D eigenvalue weighted by molar-refractivity contribution is 6.04. The number of fused-ring (bicyclic) bond motifs is 4. The van der Waals surface area contributed by atoms with E-state index in [4.69, 9.17) is 11.5 Å². The van der Waals surface area contributed by atoms with Gasteiger partial charge in [-0.15, -0.1) is 0 Å². The second kappa shape index (κ2) is 27.1. The average Bonchev–Trinajstić information content (AvgIpc) is 0.779. The number of aliphatic imine (C=N–C) groups is 2. The van der Waals surface area contributed by atoms with Crippen LogP contribution in [0.1, 0.15) is 13.8 Å². The molecule has 0 unspecified atom stereocenters. The lowest BCUT2D eigenvalue weighted by molar-refractivity contribution is 1.27. The Hall–Kier alpha value is -13.3. The molecule has 16 aromatic carbocycles. The van der Waals surface area contributed by atoms with Gasteiger partial charge in [0, 0.05) is 90.6 Å². The summed E-state index contributed by atoms with van der Waals surface area (Å²) in [5.74, 6) is 0. The van der Waals surface area contributed by atoms with Crippen LogP contribution in [0.2, 0.25) is 0 Å². The number of benzene rings is 16. The third kappa shape index (κ3) is 11.8. The molecule has 0 saturated heterocycles. The van der Waals surface area contributed by atoms with Crippen LogP contribution in [0.25, 0.3) is 76.5 Å². The van der Waals surface area contributed by atoms with E-state index in [1.165, 1.54) is 21.5 Å². The van der Waals surface area contributed by atoms with Crippen molar-refractivity contribution >= 4 is 147 Å². The zero-order valence-corrected chi connectivity index (χ0v) is 55.5. The lowest BCUT2D eigenvalue weighted by Gasteiger charge is -2.30. The van der Waals surface area contributed by atoms with Crippen LogP contribution in [0, 0.1) is 0 Å². The van der Waals surface area contributed by atoms with E-state index in [-0.39, 0.29) is 0 Å². The first kappa shape index (κ1) is 61.6. The maximum Gasteiger partial charge on any atom is 0.0933 e. The topological polar surface area (TPSA) is 89.7 Å². The molecule has 4 N–H and O–H groups in total. The lowest BCUT2D eigenvalue weighted by atomic mass is 10.0. The van der Waals surface area contributed by atoms with E-state index >= 15 is 0 Å². The second-order valence-electron chi connectivity index (χ2n) is 24.8. The summed E-state index contributed by atoms with van der Waals surface area (Å²) in [6.45, 7) is 3.83. The molecule has 16 aromatic rings. The fourth-order valence-corrected chi connectivity index (χ4v) is 14.1. The van der Waals surface area contributed by atoms with E-state index < -0.39 is 0 Å². The monoisotopic (exact) mass is 1290 g/mol. The Balaban J connectivity index is 0.742. The van der Waals surface area contributed by atoms with E-state index in [1.54, 1.807) is 12.4 Å². The lowest BCUT2D eigenvalue weighted by Crippen LogP contribution is -2.13. The molecule has 0 aromatic heterocycles. The number of para-hydroxylation sites is 2. The van der Waals surface area contributed by atoms with Crippen molar-refractivity contribution < 1.29 is 0 Å². The van der Waals surface area contributed by atoms with E-state index in [1.807, 2.05) is 38.1 Å². The van der Waals surface area contributed by atoms with Crippen molar-refractivity contribution in [3.8, 4) is 33.4 Å². The predicted octanol–water partition coefficient (Wildman–Crippen LogP) is 25.8. The number of rotatable bonds is 17. The molecule has 0 atom stereocenters. The minimum atomic E-state index is 0.644. The van der Waals surface area contributed by atoms with Gasteiger partial charge in [0.15, 0.2) is 0 Å². The molecule has 0 heterocycles. The minimum Gasteiger partial charge on any atom is -0.397 e. The Bertz CT molecular complexity index is 5330. The van der Waals surface area contributed by atoms with Gasteiger partial charge < -0.3 is 31.1 Å². The molecule has 0 amide bonds. The van der Waals surface area contributed by atoms with Gasteiger partial charge in [0.1, 0.15) is 0 Å². The van der Waals surface area contributed by atoms with Crippen LogP contribution in [0.15, 0.2) is 362 Å². The number of nitrogen functional groups attached to an aromatic ring is 2. The van der Waals surface area contributed by atoms with Gasteiger partial charge in [-0.25, -0.2) is 0 Å². The third-order valence-electron chi connectivity index (χ3n) is 18.9. The molecule has 0 aliphatic rings. The molecule has 8 nitrogen and oxygen atoms in total. The van der Waals surface area contributed by atoms with Crippen molar-refractivity contribution in [2.75, 3.05) is 31.1 Å². The largest absolute Gasteiger partial charge is 0.397 e. The molecule has 0 bridgehead atoms. The fraction of sp³-hybridized carbons (Fsp3) is 0.0217. The van der Waals surface area contributed by atoms with Crippen LogP contribution < -0.4 is 31.1 Å². The molecule has 16 rings (SSSR count). The SMILES string of the molecule is C/C=N\c1c(N)cccc1-c1ccc(N(c2ccc(N(c3ccc(-c4ccc(N(c5ccc(N(c6ccc(-c7cccc(N)c7/N=C\C)cc6)c6cccc7ccccc67)cc5)c5cccc6ccccc56)cc4)cc3)c3cccc4ccccc34)cc2)c2cccc3ccccc23)cc1. The average molecular weight is 1290 g/mol. The maximum absolute atomic E-state index is 6.48. The molecule has 0 radical (unpaired) electrons. The maximum atomic E-state index is 6.48. The second-order valence-corrected chi connectivity index (χ2v) is 24.8. The molecule has 100 heavy (non-hydrogen) atoms. The Labute approximate surface area is 583 Å². The summed E-state index contributed by atoms with van der Waals surface area (Å²) in [7, 11) is 0. The molecule has 0 aliphatic heterocycles. The van der Waals surface area contributed by atoms with Crippen LogP contribution in [-0.4, -0.2) is 12.4 Å². The van der Waals surface area contributed by atoms with Gasteiger partial charge in [0.05, 0.1) is 45.5 Å². The molecule has 0 saturated carbocycles. The van der Waals surface area contributed by atoms with Crippen LogP contribution in [0.5, 0.6) is 0 Å². The first-order chi connectivity index (χ1) is 49.3. The van der Waals surface area contributed by atoms with Gasteiger partial charge in [0.2, 0.25) is 0 Å². The summed E-state index contributed by atoms with van der Waals surface area (Å²) in [6.07, 6.45) is 3.58. The highest BCUT2D eigenvalue weighted by Gasteiger charge is 2.23. The highest BCUT2D eigenvalue weighted by Crippen LogP contribution is 2.48. The van der Waals surface area contributed by atoms with Crippen molar-refractivity contribution in [1.82, 2.24) is 0 Å². The van der Waals surface area contributed by atoms with Gasteiger partial charge in [-0.1, -0.05) is 218 Å². The molecule has 8 heteroatoms. The predicted molar refractivity (Wildman–Crippen MR) is 428 cm³/mol. The molecule has 0 spiro atoms. The van der Waals surface area contributed by atoms with E-state index in [9.17, 15) is 0 Å². The quantitative estimate of drug-likeness (QED) is 0.0697. The van der Waals surface area contributed by atoms with Crippen molar-refractivity contribution in [1.29, 1.82) is 0 Å². The van der Waals surface area contributed by atoms with Gasteiger partial charge in [-0.3, -0.25) is 9.98 Å². The Kier molecular flexibility index (Phi) is 16.7. The third-order valence-corrected chi connectivity index (χ3v) is 18.9. The number of anilines is 14. The van der Waals surface area contributed by atoms with Crippen molar-refractivity contribution in [3.05, 3.63) is 352 Å². The minimum absolute atomic E-state index is 0.644. The molecular weight excluding hydrogens is 1220 g/mol. The van der Waals surface area contributed by atoms with Crippen LogP contribution in [0.3, 0.4) is 0 Å². The Morgan fingerprint density at radius 3 is 0.680 bits per heavy atom. The van der Waals surface area contributed by atoms with Crippen LogP contribution >= 0.6 is 0 Å². The normalized spacial score (nSPS) is 11.5. The Morgan fingerprint density at radius 2 is 0.430 bits per heavy atom. The standard InChI is InChI=1S/C92H70N8/c1-3-95-91-83(31-17-33-85(91)93)69-43-51-73(52-44-69)99(89-37-15-25-67-21-7-11-29-81(67)89)77-59-55-75(56-60-77)97(87-35-13-23-65-19-5-9-27-79(65)87)71-47-39-63(40-48-71)64-41-49-72(50-42-64)98(88-36-14-24-66-20-6-10-28-80(66)88)76-57-61-78(62-58-76)100(90-38-16-26-68-22-8-12-30-82(68)90)74-53-45-70(46-54-74)84-32-18-34-86(94)92(84)96-4-2/h3-62H,93-94H2,1-2H3/b95-3-,96-4-. The summed E-state index contributed by atoms with van der Waals surface area (Å²) < 4.78 is 0. The van der Waals surface area contributed by atoms with E-state index in [0.717, 1.165) is 135 Å². The first-order valence-corrected chi connectivity index (χ1v) is 33.8. The van der Waals surface area contributed by atoms with E-state index in [0.29, 0.717) is 11.4 Å². The van der Waals surface area contributed by atoms with Crippen LogP contribution in [0.4, 0.5) is 91.0 Å². The van der Waals surface area contributed by atoms with Gasteiger partial charge >= 0.3 is 0 Å². The number of hydrogen-bond acceptors (Lipinski definition) is 8. The smallest absolute Gasteiger partial charge is 0.0933 e. The van der Waals surface area contributed by atoms with Crippen LogP contribution in [-0.2, 0) is 0 Å². The van der Waals surface area contributed by atoms with Crippen molar-refractivity contribution in [2.24, 2.45) is 9.98 Å². The van der Waals surface area contributed by atoms with Crippen molar-refractivity contribution in [3.63, 3.8) is 0 Å². The first-order valence-electron chi connectivity index (χ1n) is 33.8. The van der Waals surface area contributed by atoms with E-state index in [2.05, 4.69) is 357 Å². The summed E-state index contributed by atoms with van der Waals surface area (Å²) in [4.78, 5) is 18.8. The molecule has 478 valence electrons. The fourth-order valence-electron chi connectivity index (χ4n) is 14.1. The summed E-state index contributed by atoms with van der Waals surface area (Å²) in [5.41, 5.74) is 34.6. The van der Waals surface area contributed by atoms with Gasteiger partial charge in [-0.05, 0) is 191 Å². The number of hydrogen-bond donors (Lipinski definition) is 2. The van der Waals surface area contributed by atoms with Gasteiger partial charge in [-0.2, -0.15) is 0 Å². The van der Waals surface area contributed by atoms with Crippen molar-refractivity contribution in [2.45, 2.75) is 13.8 Å². The Morgan fingerprint density at radius 1 is 0.220 bits per heavy atom. The molecular formula is C92H70N8. The zero-order chi connectivity index (χ0) is 67.5. The number of nitrogens with two attached hydrogens (primary N) is 2. The summed E-state index contributed by atoms with van der Waals surface area (Å²) in [6, 6.07) is 126. The summed E-state index contributed by atoms with van der Waals surface area (Å²) >= 11 is 0.